The molecule has 0 aliphatic heterocycles. The standard InChI is InChI=1S/C9H4BrClN2O/c10-5-1-2-7-6(3-5)8(4-14)13-9(11)12-7/h1-4H. The molecule has 1 aromatic heterocycles. The maximum atomic E-state index is 10.7. The van der Waals surface area contributed by atoms with Crippen LogP contribution in [0.3, 0.4) is 0 Å². The molecule has 0 unspecified atom stereocenters. The minimum absolute atomic E-state index is 0.0851. The SMILES string of the molecule is O=Cc1nc(Cl)nc2ccc(Br)cc12. The van der Waals surface area contributed by atoms with Crippen molar-refractivity contribution in [2.24, 2.45) is 0 Å². The Morgan fingerprint density at radius 2 is 2.14 bits per heavy atom. The molecule has 0 atom stereocenters. The highest BCUT2D eigenvalue weighted by Crippen LogP contribution is 2.21. The number of hydrogen-bond donors (Lipinski definition) is 0. The summed E-state index contributed by atoms with van der Waals surface area (Å²) in [6, 6.07) is 5.40. The molecule has 0 amide bonds. The van der Waals surface area contributed by atoms with Gasteiger partial charge in [-0.15, -0.1) is 0 Å². The van der Waals surface area contributed by atoms with Crippen LogP contribution < -0.4 is 0 Å². The first-order valence-corrected chi connectivity index (χ1v) is 4.96. The number of rotatable bonds is 1. The Labute approximate surface area is 93.2 Å². The lowest BCUT2D eigenvalue weighted by molar-refractivity contribution is 0.112. The predicted molar refractivity (Wildman–Crippen MR) is 57.6 cm³/mol. The van der Waals surface area contributed by atoms with Gasteiger partial charge in [0.2, 0.25) is 5.28 Å². The summed E-state index contributed by atoms with van der Waals surface area (Å²) < 4.78 is 0.874. The molecule has 14 heavy (non-hydrogen) atoms. The molecule has 0 spiro atoms. The average molecular weight is 272 g/mol. The normalized spacial score (nSPS) is 10.4. The van der Waals surface area contributed by atoms with Gasteiger partial charge in [-0.25, -0.2) is 9.97 Å². The fourth-order valence-corrected chi connectivity index (χ4v) is 1.73. The van der Waals surface area contributed by atoms with E-state index in [4.69, 9.17) is 11.6 Å². The third-order valence-electron chi connectivity index (χ3n) is 1.77. The zero-order valence-electron chi connectivity index (χ0n) is 6.87. The minimum Gasteiger partial charge on any atom is -0.296 e. The van der Waals surface area contributed by atoms with Crippen molar-refractivity contribution in [3.05, 3.63) is 33.6 Å². The Balaban J connectivity index is 2.88. The van der Waals surface area contributed by atoms with Crippen LogP contribution in [0.5, 0.6) is 0 Å². The molecular formula is C9H4BrClN2O. The second-order valence-electron chi connectivity index (χ2n) is 2.66. The van der Waals surface area contributed by atoms with Gasteiger partial charge in [0.15, 0.2) is 6.29 Å². The van der Waals surface area contributed by atoms with Gasteiger partial charge in [-0.3, -0.25) is 4.79 Å². The lowest BCUT2D eigenvalue weighted by Gasteiger charge is -2.00. The van der Waals surface area contributed by atoms with Gasteiger partial charge in [0.05, 0.1) is 5.52 Å². The Bertz CT molecular complexity index is 515. The molecule has 70 valence electrons. The van der Waals surface area contributed by atoms with Crippen LogP contribution in [0.2, 0.25) is 5.28 Å². The Kier molecular flexibility index (Phi) is 2.48. The summed E-state index contributed by atoms with van der Waals surface area (Å²) in [5.74, 6) is 0. The van der Waals surface area contributed by atoms with E-state index in [0.29, 0.717) is 22.9 Å². The van der Waals surface area contributed by atoms with Crippen molar-refractivity contribution in [3.8, 4) is 0 Å². The van der Waals surface area contributed by atoms with Crippen molar-refractivity contribution < 1.29 is 4.79 Å². The van der Waals surface area contributed by atoms with Crippen molar-refractivity contribution in [1.82, 2.24) is 9.97 Å². The van der Waals surface area contributed by atoms with Crippen LogP contribution >= 0.6 is 27.5 Å². The fourth-order valence-electron chi connectivity index (χ4n) is 1.18. The smallest absolute Gasteiger partial charge is 0.223 e. The summed E-state index contributed by atoms with van der Waals surface area (Å²) in [6.07, 6.45) is 0.669. The van der Waals surface area contributed by atoms with Crippen LogP contribution in [0.4, 0.5) is 0 Å². The molecule has 3 nitrogen and oxygen atoms in total. The number of fused-ring (bicyclic) bond motifs is 1. The van der Waals surface area contributed by atoms with Crippen molar-refractivity contribution in [2.75, 3.05) is 0 Å². The molecule has 0 saturated heterocycles. The van der Waals surface area contributed by atoms with Gasteiger partial charge in [0.1, 0.15) is 5.69 Å². The highest BCUT2D eigenvalue weighted by Gasteiger charge is 2.05. The molecule has 2 rings (SSSR count). The maximum Gasteiger partial charge on any atom is 0.223 e. The molecule has 5 heteroatoms. The zero-order chi connectivity index (χ0) is 10.1. The average Bonchev–Trinajstić information content (AvgIpc) is 2.17. The Hall–Kier alpha value is -1.000. The number of nitrogens with zero attached hydrogens (tertiary/aromatic N) is 2. The summed E-state index contributed by atoms with van der Waals surface area (Å²) in [4.78, 5) is 18.5. The lowest BCUT2D eigenvalue weighted by Crippen LogP contribution is -1.93. The second-order valence-corrected chi connectivity index (χ2v) is 3.91. The summed E-state index contributed by atoms with van der Waals surface area (Å²) in [7, 11) is 0. The number of carbonyl (C=O) groups excluding carboxylic acids is 1. The van der Waals surface area contributed by atoms with E-state index in [-0.39, 0.29) is 5.28 Å². The number of hydrogen-bond acceptors (Lipinski definition) is 3. The van der Waals surface area contributed by atoms with Crippen molar-refractivity contribution in [1.29, 1.82) is 0 Å². The third kappa shape index (κ3) is 1.63. The zero-order valence-corrected chi connectivity index (χ0v) is 9.21. The molecule has 0 aliphatic carbocycles. The number of carbonyl (C=O) groups is 1. The van der Waals surface area contributed by atoms with Gasteiger partial charge in [0.25, 0.3) is 0 Å². The highest BCUT2D eigenvalue weighted by molar-refractivity contribution is 9.10. The largest absolute Gasteiger partial charge is 0.296 e. The minimum atomic E-state index is 0.0851. The van der Waals surface area contributed by atoms with E-state index in [1.807, 2.05) is 6.07 Å². The maximum absolute atomic E-state index is 10.7. The first kappa shape index (κ1) is 9.55. The van der Waals surface area contributed by atoms with E-state index >= 15 is 0 Å². The molecule has 0 saturated carbocycles. The van der Waals surface area contributed by atoms with Crippen molar-refractivity contribution in [2.45, 2.75) is 0 Å². The number of benzene rings is 1. The van der Waals surface area contributed by atoms with Crippen LogP contribution in [-0.2, 0) is 0 Å². The second kappa shape index (κ2) is 3.63. The quantitative estimate of drug-likeness (QED) is 0.592. The summed E-state index contributed by atoms with van der Waals surface area (Å²) >= 11 is 8.96. The van der Waals surface area contributed by atoms with Crippen LogP contribution in [0.25, 0.3) is 10.9 Å². The first-order chi connectivity index (χ1) is 6.70. The molecule has 1 heterocycles. The number of aromatic nitrogens is 2. The Morgan fingerprint density at radius 3 is 2.86 bits per heavy atom. The molecule has 0 aliphatic rings. The number of halogens is 2. The van der Waals surface area contributed by atoms with Gasteiger partial charge in [-0.1, -0.05) is 15.9 Å². The molecule has 0 radical (unpaired) electrons. The van der Waals surface area contributed by atoms with E-state index in [9.17, 15) is 4.79 Å². The van der Waals surface area contributed by atoms with Crippen molar-refractivity contribution >= 4 is 44.7 Å². The molecule has 0 fully saturated rings. The number of aldehydes is 1. The topological polar surface area (TPSA) is 42.9 Å². The van der Waals surface area contributed by atoms with Gasteiger partial charge < -0.3 is 0 Å². The van der Waals surface area contributed by atoms with Gasteiger partial charge in [-0.2, -0.15) is 0 Å². The third-order valence-corrected chi connectivity index (χ3v) is 2.43. The van der Waals surface area contributed by atoms with Crippen molar-refractivity contribution in [3.63, 3.8) is 0 Å². The van der Waals surface area contributed by atoms with E-state index in [2.05, 4.69) is 25.9 Å². The summed E-state index contributed by atoms with van der Waals surface area (Å²) in [6.45, 7) is 0. The van der Waals surface area contributed by atoms with E-state index < -0.39 is 0 Å². The van der Waals surface area contributed by atoms with Crippen LogP contribution in [0.15, 0.2) is 22.7 Å². The van der Waals surface area contributed by atoms with Crippen LogP contribution in [0.1, 0.15) is 10.5 Å². The van der Waals surface area contributed by atoms with Crippen LogP contribution in [-0.4, -0.2) is 16.3 Å². The summed E-state index contributed by atoms with van der Waals surface area (Å²) in [5.41, 5.74) is 0.969. The van der Waals surface area contributed by atoms with E-state index in [0.717, 1.165) is 4.47 Å². The molecule has 0 N–H and O–H groups in total. The lowest BCUT2D eigenvalue weighted by atomic mass is 10.2. The molecular weight excluding hydrogens is 267 g/mol. The molecule has 1 aromatic carbocycles. The van der Waals surface area contributed by atoms with E-state index in [1.54, 1.807) is 12.1 Å². The highest BCUT2D eigenvalue weighted by atomic mass is 79.9. The summed E-state index contributed by atoms with van der Waals surface area (Å²) in [5, 5.41) is 0.778. The molecule has 2 aromatic rings. The fraction of sp³-hybridized carbons (Fsp3) is 0. The predicted octanol–water partition coefficient (Wildman–Crippen LogP) is 2.86. The van der Waals surface area contributed by atoms with Gasteiger partial charge in [0, 0.05) is 9.86 Å². The van der Waals surface area contributed by atoms with E-state index in [1.165, 1.54) is 0 Å². The molecule has 0 bridgehead atoms. The van der Waals surface area contributed by atoms with Crippen LogP contribution in [0, 0.1) is 0 Å². The van der Waals surface area contributed by atoms with Gasteiger partial charge in [-0.05, 0) is 29.8 Å². The first-order valence-electron chi connectivity index (χ1n) is 3.78. The van der Waals surface area contributed by atoms with Gasteiger partial charge >= 0.3 is 0 Å². The monoisotopic (exact) mass is 270 g/mol. The Morgan fingerprint density at radius 1 is 1.36 bits per heavy atom.